The molecule has 3 unspecified atom stereocenters. The van der Waals surface area contributed by atoms with Crippen LogP contribution >= 0.6 is 0 Å². The Kier molecular flexibility index (Phi) is 5.08. The van der Waals surface area contributed by atoms with Crippen LogP contribution in [-0.2, 0) is 9.53 Å². The topological polar surface area (TPSA) is 41.6 Å². The Balaban J connectivity index is 2.09. The summed E-state index contributed by atoms with van der Waals surface area (Å²) in [7, 11) is 0. The summed E-state index contributed by atoms with van der Waals surface area (Å²) in [5, 5.41) is 3.33. The molecule has 2 aliphatic rings. The van der Waals surface area contributed by atoms with Gasteiger partial charge in [-0.05, 0) is 37.5 Å². The van der Waals surface area contributed by atoms with Gasteiger partial charge in [0, 0.05) is 25.7 Å². The number of nitrogens with one attached hydrogen (secondary N) is 1. The van der Waals surface area contributed by atoms with E-state index in [1.807, 2.05) is 6.92 Å². The number of esters is 1. The van der Waals surface area contributed by atoms with Crippen LogP contribution in [0.3, 0.4) is 0 Å². The van der Waals surface area contributed by atoms with Gasteiger partial charge < -0.3 is 10.1 Å². The summed E-state index contributed by atoms with van der Waals surface area (Å²) in [5.41, 5.74) is 0.381. The third-order valence-electron chi connectivity index (χ3n) is 4.68. The highest BCUT2D eigenvalue weighted by Gasteiger charge is 2.40. The number of nitrogens with zero attached hydrogens (tertiary/aromatic N) is 1. The summed E-state index contributed by atoms with van der Waals surface area (Å²) in [6.45, 7) is 12.1. The van der Waals surface area contributed by atoms with Crippen molar-refractivity contribution in [3.63, 3.8) is 0 Å². The van der Waals surface area contributed by atoms with E-state index >= 15 is 0 Å². The van der Waals surface area contributed by atoms with Gasteiger partial charge >= 0.3 is 5.97 Å². The predicted octanol–water partition coefficient (Wildman–Crippen LogP) is 2.04. The summed E-state index contributed by atoms with van der Waals surface area (Å²) < 4.78 is 5.26. The summed E-state index contributed by atoms with van der Waals surface area (Å²) in [6.07, 6.45) is 3.69. The van der Waals surface area contributed by atoms with Crippen molar-refractivity contribution in [3.8, 4) is 0 Å². The van der Waals surface area contributed by atoms with E-state index in [1.165, 1.54) is 19.3 Å². The van der Waals surface area contributed by atoms with E-state index in [9.17, 15) is 4.79 Å². The highest BCUT2D eigenvalue weighted by Crippen LogP contribution is 2.41. The molecule has 0 spiro atoms. The smallest absolute Gasteiger partial charge is 0.324 e. The third-order valence-corrected chi connectivity index (χ3v) is 4.68. The first kappa shape index (κ1) is 15.8. The van der Waals surface area contributed by atoms with Crippen LogP contribution < -0.4 is 5.32 Å². The van der Waals surface area contributed by atoms with E-state index in [0.29, 0.717) is 18.1 Å². The predicted molar refractivity (Wildman–Crippen MR) is 80.6 cm³/mol. The highest BCUT2D eigenvalue weighted by atomic mass is 16.5. The molecule has 1 heterocycles. The van der Waals surface area contributed by atoms with Gasteiger partial charge in [-0.15, -0.1) is 0 Å². The molecule has 1 saturated carbocycles. The van der Waals surface area contributed by atoms with Gasteiger partial charge in [-0.1, -0.05) is 20.8 Å². The molecule has 4 heteroatoms. The van der Waals surface area contributed by atoms with Crippen molar-refractivity contribution in [1.29, 1.82) is 0 Å². The molecular weight excluding hydrogens is 252 g/mol. The Morgan fingerprint density at radius 3 is 2.80 bits per heavy atom. The number of ether oxygens (including phenoxy) is 1. The molecule has 1 saturated heterocycles. The van der Waals surface area contributed by atoms with Crippen LogP contribution in [0.2, 0.25) is 0 Å². The fourth-order valence-corrected chi connectivity index (χ4v) is 4.16. The molecule has 1 aliphatic carbocycles. The quantitative estimate of drug-likeness (QED) is 0.804. The van der Waals surface area contributed by atoms with Gasteiger partial charge in [-0.3, -0.25) is 9.69 Å². The summed E-state index contributed by atoms with van der Waals surface area (Å²) in [5.74, 6) is 0.678. The molecule has 1 aliphatic heterocycles. The lowest BCUT2D eigenvalue weighted by atomic mass is 9.70. The molecule has 0 bridgehead atoms. The maximum absolute atomic E-state index is 12.2. The second kappa shape index (κ2) is 6.44. The molecule has 2 fully saturated rings. The Hall–Kier alpha value is -0.610. The molecule has 3 atom stereocenters. The number of hydrogen-bond donors (Lipinski definition) is 1. The second-order valence-corrected chi connectivity index (χ2v) is 7.28. The maximum Gasteiger partial charge on any atom is 0.324 e. The first-order chi connectivity index (χ1) is 9.43. The standard InChI is InChI=1S/C16H30N2O2/c1-5-20-15(19)14-11-17-6-7-18(14)13-8-12(2)9-16(3,4)10-13/h12-14,17H,5-11H2,1-4H3. The third kappa shape index (κ3) is 3.73. The molecule has 20 heavy (non-hydrogen) atoms. The average Bonchev–Trinajstić information content (AvgIpc) is 2.36. The minimum atomic E-state index is -0.102. The molecule has 0 aromatic heterocycles. The van der Waals surface area contributed by atoms with Crippen molar-refractivity contribution in [1.82, 2.24) is 10.2 Å². The lowest BCUT2D eigenvalue weighted by Gasteiger charge is -2.47. The maximum atomic E-state index is 12.2. The second-order valence-electron chi connectivity index (χ2n) is 7.28. The highest BCUT2D eigenvalue weighted by molar-refractivity contribution is 5.76. The Labute approximate surface area is 123 Å². The van der Waals surface area contributed by atoms with E-state index in [4.69, 9.17) is 4.74 Å². The van der Waals surface area contributed by atoms with Crippen LogP contribution in [0.1, 0.15) is 47.0 Å². The van der Waals surface area contributed by atoms with E-state index < -0.39 is 0 Å². The van der Waals surface area contributed by atoms with Gasteiger partial charge in [-0.25, -0.2) is 0 Å². The molecular formula is C16H30N2O2. The normalized spacial score (nSPS) is 34.7. The van der Waals surface area contributed by atoms with Crippen LogP contribution in [0.5, 0.6) is 0 Å². The average molecular weight is 282 g/mol. The van der Waals surface area contributed by atoms with Crippen LogP contribution in [-0.4, -0.2) is 49.2 Å². The van der Waals surface area contributed by atoms with Gasteiger partial charge in [0.25, 0.3) is 0 Å². The Bertz CT molecular complexity index is 343. The molecule has 0 radical (unpaired) electrons. The van der Waals surface area contributed by atoms with Gasteiger partial charge in [-0.2, -0.15) is 0 Å². The number of piperazine rings is 1. The number of carbonyl (C=O) groups is 1. The molecule has 0 aromatic carbocycles. The summed E-state index contributed by atoms with van der Waals surface area (Å²) in [4.78, 5) is 14.6. The van der Waals surface area contributed by atoms with E-state index in [0.717, 1.165) is 25.6 Å². The molecule has 1 N–H and O–H groups in total. The summed E-state index contributed by atoms with van der Waals surface area (Å²) >= 11 is 0. The van der Waals surface area contributed by atoms with Crippen LogP contribution in [0.15, 0.2) is 0 Å². The van der Waals surface area contributed by atoms with E-state index in [2.05, 4.69) is 31.0 Å². The lowest BCUT2D eigenvalue weighted by Crippen LogP contribution is -2.60. The molecule has 4 nitrogen and oxygen atoms in total. The number of carbonyl (C=O) groups excluding carboxylic acids is 1. The molecule has 116 valence electrons. The van der Waals surface area contributed by atoms with Crippen molar-refractivity contribution in [2.45, 2.75) is 59.0 Å². The van der Waals surface area contributed by atoms with Crippen molar-refractivity contribution < 1.29 is 9.53 Å². The number of rotatable bonds is 3. The first-order valence-electron chi connectivity index (χ1n) is 8.06. The largest absolute Gasteiger partial charge is 0.465 e. The zero-order valence-electron chi connectivity index (χ0n) is 13.4. The first-order valence-corrected chi connectivity index (χ1v) is 8.06. The molecule has 0 amide bonds. The minimum absolute atomic E-state index is 0.0595. The Morgan fingerprint density at radius 1 is 1.40 bits per heavy atom. The number of hydrogen-bond acceptors (Lipinski definition) is 4. The van der Waals surface area contributed by atoms with Gasteiger partial charge in [0.15, 0.2) is 0 Å². The Morgan fingerprint density at radius 2 is 2.15 bits per heavy atom. The monoisotopic (exact) mass is 282 g/mol. The van der Waals surface area contributed by atoms with Crippen molar-refractivity contribution in [2.75, 3.05) is 26.2 Å². The molecule has 0 aromatic rings. The van der Waals surface area contributed by atoms with E-state index in [-0.39, 0.29) is 12.0 Å². The van der Waals surface area contributed by atoms with E-state index in [1.54, 1.807) is 0 Å². The van der Waals surface area contributed by atoms with Gasteiger partial charge in [0.2, 0.25) is 0 Å². The molecule has 2 rings (SSSR count). The zero-order chi connectivity index (χ0) is 14.8. The summed E-state index contributed by atoms with van der Waals surface area (Å²) in [6, 6.07) is 0.417. The minimum Gasteiger partial charge on any atom is -0.465 e. The lowest BCUT2D eigenvalue weighted by molar-refractivity contribution is -0.152. The SMILES string of the molecule is CCOC(=O)C1CNCCN1C1CC(C)CC(C)(C)C1. The van der Waals surface area contributed by atoms with Gasteiger partial charge in [0.05, 0.1) is 6.61 Å². The van der Waals surface area contributed by atoms with Crippen LogP contribution in [0.25, 0.3) is 0 Å². The van der Waals surface area contributed by atoms with Crippen molar-refractivity contribution in [3.05, 3.63) is 0 Å². The van der Waals surface area contributed by atoms with Crippen molar-refractivity contribution in [2.24, 2.45) is 11.3 Å². The van der Waals surface area contributed by atoms with Crippen LogP contribution in [0.4, 0.5) is 0 Å². The van der Waals surface area contributed by atoms with Crippen molar-refractivity contribution >= 4 is 5.97 Å². The van der Waals surface area contributed by atoms with Gasteiger partial charge in [0.1, 0.15) is 6.04 Å². The fourth-order valence-electron chi connectivity index (χ4n) is 4.16. The zero-order valence-corrected chi connectivity index (χ0v) is 13.4. The fraction of sp³-hybridized carbons (Fsp3) is 0.938. The van der Waals surface area contributed by atoms with Crippen LogP contribution in [0, 0.1) is 11.3 Å².